The summed E-state index contributed by atoms with van der Waals surface area (Å²) in [6.07, 6.45) is 1.63. The molecule has 0 aliphatic heterocycles. The molecule has 3 heteroatoms. The SMILES string of the molecule is CC(=O)/C(=C/c1ccccc1Br)C(=O)c1ccccc1. The van der Waals surface area contributed by atoms with E-state index in [0.29, 0.717) is 5.56 Å². The van der Waals surface area contributed by atoms with E-state index in [1.165, 1.54) is 6.92 Å². The molecule has 0 radical (unpaired) electrons. The zero-order chi connectivity index (χ0) is 14.5. The second-order valence-corrected chi connectivity index (χ2v) is 5.19. The normalized spacial score (nSPS) is 11.2. The Balaban J connectivity index is 2.45. The van der Waals surface area contributed by atoms with Gasteiger partial charge in [-0.3, -0.25) is 9.59 Å². The van der Waals surface area contributed by atoms with Crippen LogP contribution in [0.25, 0.3) is 6.08 Å². The molecule has 0 aromatic heterocycles. The van der Waals surface area contributed by atoms with E-state index in [1.807, 2.05) is 30.3 Å². The molecule has 2 rings (SSSR count). The number of hydrogen-bond acceptors (Lipinski definition) is 2. The molecule has 2 aromatic carbocycles. The van der Waals surface area contributed by atoms with E-state index in [2.05, 4.69) is 15.9 Å². The average Bonchev–Trinajstić information content (AvgIpc) is 2.46. The molecule has 0 saturated carbocycles. The summed E-state index contributed by atoms with van der Waals surface area (Å²) in [7, 11) is 0. The third-order valence-electron chi connectivity index (χ3n) is 2.86. The molecule has 2 aromatic rings. The molecule has 0 spiro atoms. The number of Topliss-reactive ketones (excluding diaryl/α,β-unsaturated/α-hetero) is 2. The number of carbonyl (C=O) groups is 2. The topological polar surface area (TPSA) is 34.1 Å². The van der Waals surface area contributed by atoms with Gasteiger partial charge in [0.15, 0.2) is 11.6 Å². The van der Waals surface area contributed by atoms with E-state index >= 15 is 0 Å². The first-order valence-electron chi connectivity index (χ1n) is 6.16. The lowest BCUT2D eigenvalue weighted by molar-refractivity contribution is -0.113. The zero-order valence-electron chi connectivity index (χ0n) is 11.0. The van der Waals surface area contributed by atoms with E-state index in [0.717, 1.165) is 10.0 Å². The Labute approximate surface area is 126 Å². The van der Waals surface area contributed by atoms with Gasteiger partial charge in [-0.25, -0.2) is 0 Å². The van der Waals surface area contributed by atoms with Crippen LogP contribution in [0.4, 0.5) is 0 Å². The summed E-state index contributed by atoms with van der Waals surface area (Å²) in [5, 5.41) is 0. The van der Waals surface area contributed by atoms with Crippen molar-refractivity contribution in [1.82, 2.24) is 0 Å². The molecular formula is C17H13BrO2. The van der Waals surface area contributed by atoms with Crippen molar-refractivity contribution in [3.8, 4) is 0 Å². The molecule has 20 heavy (non-hydrogen) atoms. The van der Waals surface area contributed by atoms with Gasteiger partial charge < -0.3 is 0 Å². The third-order valence-corrected chi connectivity index (χ3v) is 3.59. The molecular weight excluding hydrogens is 316 g/mol. The molecule has 0 heterocycles. The van der Waals surface area contributed by atoms with E-state index in [4.69, 9.17) is 0 Å². The van der Waals surface area contributed by atoms with Crippen LogP contribution < -0.4 is 0 Å². The number of carbonyl (C=O) groups excluding carboxylic acids is 2. The lowest BCUT2D eigenvalue weighted by Gasteiger charge is -2.05. The second-order valence-electron chi connectivity index (χ2n) is 4.33. The molecule has 0 aliphatic rings. The maximum Gasteiger partial charge on any atom is 0.196 e. The van der Waals surface area contributed by atoms with Crippen LogP contribution >= 0.6 is 15.9 Å². The number of ketones is 2. The fourth-order valence-electron chi connectivity index (χ4n) is 1.82. The van der Waals surface area contributed by atoms with Crippen LogP contribution in [-0.4, -0.2) is 11.6 Å². The van der Waals surface area contributed by atoms with E-state index in [-0.39, 0.29) is 17.1 Å². The molecule has 0 atom stereocenters. The first-order valence-corrected chi connectivity index (χ1v) is 6.96. The Morgan fingerprint density at radius 3 is 2.15 bits per heavy atom. The monoisotopic (exact) mass is 328 g/mol. The van der Waals surface area contributed by atoms with Gasteiger partial charge in [-0.1, -0.05) is 64.5 Å². The molecule has 100 valence electrons. The second kappa shape index (κ2) is 6.44. The molecule has 0 fully saturated rings. The van der Waals surface area contributed by atoms with Gasteiger partial charge in [0.05, 0.1) is 5.57 Å². The highest BCUT2D eigenvalue weighted by Gasteiger charge is 2.16. The highest BCUT2D eigenvalue weighted by Crippen LogP contribution is 2.21. The first-order chi connectivity index (χ1) is 9.59. The largest absolute Gasteiger partial charge is 0.294 e. The van der Waals surface area contributed by atoms with Gasteiger partial charge in [-0.2, -0.15) is 0 Å². The quantitative estimate of drug-likeness (QED) is 0.363. The number of rotatable bonds is 4. The fraction of sp³-hybridized carbons (Fsp3) is 0.0588. The standard InChI is InChI=1S/C17H13BrO2/c1-12(19)15(11-14-9-5-6-10-16(14)18)17(20)13-7-3-2-4-8-13/h2-11H,1H3/b15-11-. The third kappa shape index (κ3) is 3.31. The van der Waals surface area contributed by atoms with Crippen molar-refractivity contribution in [2.24, 2.45) is 0 Å². The Hall–Kier alpha value is -2.00. The van der Waals surface area contributed by atoms with Gasteiger partial charge in [-0.15, -0.1) is 0 Å². The van der Waals surface area contributed by atoms with Crippen LogP contribution in [0.15, 0.2) is 64.6 Å². The zero-order valence-corrected chi connectivity index (χ0v) is 12.6. The van der Waals surface area contributed by atoms with Crippen LogP contribution in [-0.2, 0) is 4.79 Å². The van der Waals surface area contributed by atoms with Crippen molar-refractivity contribution in [2.45, 2.75) is 6.92 Å². The van der Waals surface area contributed by atoms with Gasteiger partial charge in [-0.05, 0) is 24.6 Å². The molecule has 0 aliphatic carbocycles. The van der Waals surface area contributed by atoms with Gasteiger partial charge >= 0.3 is 0 Å². The maximum absolute atomic E-state index is 12.4. The van der Waals surface area contributed by atoms with Crippen molar-refractivity contribution in [3.63, 3.8) is 0 Å². The number of halogens is 1. The van der Waals surface area contributed by atoms with Crippen molar-refractivity contribution in [2.75, 3.05) is 0 Å². The Morgan fingerprint density at radius 1 is 0.950 bits per heavy atom. The van der Waals surface area contributed by atoms with Crippen molar-refractivity contribution < 1.29 is 9.59 Å². The summed E-state index contributed by atoms with van der Waals surface area (Å²) in [6.45, 7) is 1.41. The Bertz CT molecular complexity index is 672. The summed E-state index contributed by atoms with van der Waals surface area (Å²) >= 11 is 3.41. The van der Waals surface area contributed by atoms with Crippen LogP contribution in [0.5, 0.6) is 0 Å². The van der Waals surface area contributed by atoms with Gasteiger partial charge in [0, 0.05) is 10.0 Å². The number of benzene rings is 2. The highest BCUT2D eigenvalue weighted by atomic mass is 79.9. The molecule has 0 amide bonds. The molecule has 2 nitrogen and oxygen atoms in total. The fourth-order valence-corrected chi connectivity index (χ4v) is 2.22. The molecule has 0 bridgehead atoms. The molecule has 0 unspecified atom stereocenters. The molecule has 0 saturated heterocycles. The molecule has 0 N–H and O–H groups in total. The smallest absolute Gasteiger partial charge is 0.196 e. The summed E-state index contributed by atoms with van der Waals surface area (Å²) < 4.78 is 0.847. The Morgan fingerprint density at radius 2 is 1.55 bits per heavy atom. The van der Waals surface area contributed by atoms with Crippen LogP contribution in [0.2, 0.25) is 0 Å². The van der Waals surface area contributed by atoms with Crippen LogP contribution in [0.3, 0.4) is 0 Å². The summed E-state index contributed by atoms with van der Waals surface area (Å²) in [5.41, 5.74) is 1.51. The van der Waals surface area contributed by atoms with Crippen LogP contribution in [0.1, 0.15) is 22.8 Å². The van der Waals surface area contributed by atoms with Gasteiger partial charge in [0.1, 0.15) is 0 Å². The first kappa shape index (κ1) is 14.4. The highest BCUT2D eigenvalue weighted by molar-refractivity contribution is 9.10. The average molecular weight is 329 g/mol. The van der Waals surface area contributed by atoms with E-state index < -0.39 is 0 Å². The number of hydrogen-bond donors (Lipinski definition) is 0. The lowest BCUT2D eigenvalue weighted by atomic mass is 9.98. The predicted molar refractivity (Wildman–Crippen MR) is 83.6 cm³/mol. The van der Waals surface area contributed by atoms with Crippen molar-refractivity contribution >= 4 is 33.6 Å². The number of allylic oxidation sites excluding steroid dienone is 1. The van der Waals surface area contributed by atoms with Crippen molar-refractivity contribution in [1.29, 1.82) is 0 Å². The van der Waals surface area contributed by atoms with Crippen LogP contribution in [0, 0.1) is 0 Å². The predicted octanol–water partition coefficient (Wildman–Crippen LogP) is 4.30. The minimum atomic E-state index is -0.256. The van der Waals surface area contributed by atoms with Gasteiger partial charge in [0.25, 0.3) is 0 Å². The lowest BCUT2D eigenvalue weighted by Crippen LogP contribution is -2.10. The minimum Gasteiger partial charge on any atom is -0.294 e. The van der Waals surface area contributed by atoms with Crippen molar-refractivity contribution in [3.05, 3.63) is 75.8 Å². The Kier molecular flexibility index (Phi) is 4.64. The summed E-state index contributed by atoms with van der Waals surface area (Å²) in [4.78, 5) is 24.2. The van der Waals surface area contributed by atoms with Gasteiger partial charge in [0.2, 0.25) is 0 Å². The summed E-state index contributed by atoms with van der Waals surface area (Å²) in [5.74, 6) is -0.497. The van der Waals surface area contributed by atoms with E-state index in [9.17, 15) is 9.59 Å². The minimum absolute atomic E-state index is 0.183. The van der Waals surface area contributed by atoms with E-state index in [1.54, 1.807) is 30.3 Å². The summed E-state index contributed by atoms with van der Waals surface area (Å²) in [6, 6.07) is 16.3. The maximum atomic E-state index is 12.4.